The van der Waals surface area contributed by atoms with Gasteiger partial charge in [0.2, 0.25) is 0 Å². The van der Waals surface area contributed by atoms with E-state index in [1.165, 1.54) is 18.2 Å². The molecule has 32 heavy (non-hydrogen) atoms. The zero-order valence-corrected chi connectivity index (χ0v) is 18.3. The number of hydrogen-bond donors (Lipinski definition) is 3. The molecule has 0 bridgehead atoms. The van der Waals surface area contributed by atoms with Gasteiger partial charge in [-0.15, -0.1) is 0 Å². The minimum atomic E-state index is -1.01. The molecule has 2 aromatic heterocycles. The van der Waals surface area contributed by atoms with Crippen LogP contribution in [0.1, 0.15) is 47.3 Å². The summed E-state index contributed by atoms with van der Waals surface area (Å²) in [5.74, 6) is 0.228. The second kappa shape index (κ2) is 10.5. The van der Waals surface area contributed by atoms with Crippen LogP contribution in [0.4, 0.5) is 5.82 Å². The molecule has 2 atom stereocenters. The molecule has 2 aliphatic heterocycles. The fourth-order valence-corrected chi connectivity index (χ4v) is 4.52. The predicted molar refractivity (Wildman–Crippen MR) is 122 cm³/mol. The SMILES string of the molecule is O=C(NC(CCN1CCC(CCc2ccc3c(n2)NCCC3)C1)C(=O)O)c1cccnc1. The van der Waals surface area contributed by atoms with Gasteiger partial charge in [0.25, 0.3) is 5.91 Å². The summed E-state index contributed by atoms with van der Waals surface area (Å²) in [6, 6.07) is 6.73. The van der Waals surface area contributed by atoms with E-state index in [0.717, 1.165) is 56.8 Å². The number of nitrogens with one attached hydrogen (secondary N) is 2. The molecular formula is C24H31N5O3. The number of aryl methyl sites for hydroxylation is 2. The third-order valence-electron chi connectivity index (χ3n) is 6.39. The number of pyridine rings is 2. The summed E-state index contributed by atoms with van der Waals surface area (Å²) in [6.07, 6.45) is 8.83. The molecular weight excluding hydrogens is 406 g/mol. The lowest BCUT2D eigenvalue weighted by molar-refractivity contribution is -0.139. The number of carboxylic acid groups (broad SMARTS) is 1. The van der Waals surface area contributed by atoms with Crippen LogP contribution < -0.4 is 10.6 Å². The Kier molecular flexibility index (Phi) is 7.32. The van der Waals surface area contributed by atoms with Gasteiger partial charge in [0.1, 0.15) is 11.9 Å². The Morgan fingerprint density at radius 3 is 3.03 bits per heavy atom. The van der Waals surface area contributed by atoms with Gasteiger partial charge in [0.05, 0.1) is 5.56 Å². The van der Waals surface area contributed by atoms with E-state index >= 15 is 0 Å². The van der Waals surface area contributed by atoms with E-state index in [-0.39, 0.29) is 0 Å². The first-order valence-corrected chi connectivity index (χ1v) is 11.5. The van der Waals surface area contributed by atoms with E-state index in [4.69, 9.17) is 4.98 Å². The van der Waals surface area contributed by atoms with Crippen LogP contribution in [0.15, 0.2) is 36.7 Å². The Morgan fingerprint density at radius 1 is 1.31 bits per heavy atom. The average Bonchev–Trinajstić information content (AvgIpc) is 3.28. The standard InChI is InChI=1S/C24H31N5O3/c30-23(19-4-1-11-25-15-19)28-21(24(31)32)10-14-29-13-9-17(16-29)5-7-20-8-6-18-3-2-12-26-22(18)27-20/h1,4,6,8,11,15,17,21H,2-3,5,7,9-10,12-14,16H2,(H,26,27)(H,28,30)(H,31,32). The highest BCUT2D eigenvalue weighted by molar-refractivity contribution is 5.96. The van der Waals surface area contributed by atoms with Gasteiger partial charge in [-0.1, -0.05) is 6.07 Å². The molecule has 2 aliphatic rings. The van der Waals surface area contributed by atoms with Crippen molar-refractivity contribution in [3.05, 3.63) is 53.5 Å². The topological polar surface area (TPSA) is 107 Å². The van der Waals surface area contributed by atoms with Gasteiger partial charge < -0.3 is 20.6 Å². The summed E-state index contributed by atoms with van der Waals surface area (Å²) in [6.45, 7) is 3.58. The maximum atomic E-state index is 12.3. The number of anilines is 1. The molecule has 170 valence electrons. The van der Waals surface area contributed by atoms with Gasteiger partial charge in [0.15, 0.2) is 0 Å². The predicted octanol–water partition coefficient (Wildman–Crippen LogP) is 2.36. The van der Waals surface area contributed by atoms with Crippen LogP contribution in [-0.4, -0.2) is 64.1 Å². The average molecular weight is 438 g/mol. The zero-order valence-electron chi connectivity index (χ0n) is 18.3. The van der Waals surface area contributed by atoms with E-state index in [0.29, 0.717) is 24.4 Å². The van der Waals surface area contributed by atoms with E-state index < -0.39 is 17.9 Å². The molecule has 2 aromatic rings. The number of aliphatic carboxylic acids is 1. The van der Waals surface area contributed by atoms with Crippen LogP contribution >= 0.6 is 0 Å². The van der Waals surface area contributed by atoms with Crippen LogP contribution in [0.3, 0.4) is 0 Å². The highest BCUT2D eigenvalue weighted by atomic mass is 16.4. The van der Waals surface area contributed by atoms with E-state index in [2.05, 4.69) is 32.7 Å². The van der Waals surface area contributed by atoms with Crippen LogP contribution in [-0.2, 0) is 17.6 Å². The second-order valence-corrected chi connectivity index (χ2v) is 8.73. The van der Waals surface area contributed by atoms with E-state index in [1.807, 2.05) is 0 Å². The molecule has 2 unspecified atom stereocenters. The van der Waals surface area contributed by atoms with Crippen molar-refractivity contribution in [2.24, 2.45) is 5.92 Å². The van der Waals surface area contributed by atoms with Crippen molar-refractivity contribution in [2.75, 3.05) is 31.5 Å². The van der Waals surface area contributed by atoms with Gasteiger partial charge in [-0.25, -0.2) is 9.78 Å². The normalized spacial score (nSPS) is 19.1. The van der Waals surface area contributed by atoms with Crippen molar-refractivity contribution in [2.45, 2.75) is 44.6 Å². The molecule has 4 heterocycles. The third kappa shape index (κ3) is 5.82. The Labute approximate surface area is 188 Å². The highest BCUT2D eigenvalue weighted by Crippen LogP contribution is 2.24. The van der Waals surface area contributed by atoms with E-state index in [9.17, 15) is 14.7 Å². The molecule has 0 saturated carbocycles. The van der Waals surface area contributed by atoms with Crippen LogP contribution in [0.25, 0.3) is 0 Å². The molecule has 0 aliphatic carbocycles. The Hall–Kier alpha value is -3.00. The van der Waals surface area contributed by atoms with Crippen molar-refractivity contribution < 1.29 is 14.7 Å². The van der Waals surface area contributed by atoms with Gasteiger partial charge in [0, 0.05) is 37.7 Å². The van der Waals surface area contributed by atoms with Crippen molar-refractivity contribution in [1.82, 2.24) is 20.2 Å². The third-order valence-corrected chi connectivity index (χ3v) is 6.39. The smallest absolute Gasteiger partial charge is 0.326 e. The maximum absolute atomic E-state index is 12.3. The molecule has 8 heteroatoms. The maximum Gasteiger partial charge on any atom is 0.326 e. The molecule has 3 N–H and O–H groups in total. The summed E-state index contributed by atoms with van der Waals surface area (Å²) < 4.78 is 0. The number of rotatable bonds is 9. The number of amides is 1. The Bertz CT molecular complexity index is 936. The molecule has 8 nitrogen and oxygen atoms in total. The van der Waals surface area contributed by atoms with Gasteiger partial charge in [-0.05, 0) is 74.8 Å². The fourth-order valence-electron chi connectivity index (χ4n) is 4.52. The summed E-state index contributed by atoms with van der Waals surface area (Å²) in [4.78, 5) is 34.9. The minimum absolute atomic E-state index is 0.367. The van der Waals surface area contributed by atoms with Crippen LogP contribution in [0.5, 0.6) is 0 Å². The number of carboxylic acids is 1. The van der Waals surface area contributed by atoms with Crippen LogP contribution in [0.2, 0.25) is 0 Å². The number of fused-ring (bicyclic) bond motifs is 1. The lowest BCUT2D eigenvalue weighted by Gasteiger charge is -2.20. The van der Waals surface area contributed by atoms with Crippen LogP contribution in [0, 0.1) is 5.92 Å². The number of likely N-dealkylation sites (tertiary alicyclic amines) is 1. The summed E-state index contributed by atoms with van der Waals surface area (Å²) >= 11 is 0. The first-order valence-electron chi connectivity index (χ1n) is 11.5. The molecule has 0 spiro atoms. The molecule has 1 fully saturated rings. The number of aromatic nitrogens is 2. The summed E-state index contributed by atoms with van der Waals surface area (Å²) in [5, 5.41) is 15.5. The summed E-state index contributed by atoms with van der Waals surface area (Å²) in [7, 11) is 0. The molecule has 4 rings (SSSR count). The number of carbonyl (C=O) groups is 2. The molecule has 0 aromatic carbocycles. The highest BCUT2D eigenvalue weighted by Gasteiger charge is 2.26. The van der Waals surface area contributed by atoms with Gasteiger partial charge in [-0.2, -0.15) is 0 Å². The monoisotopic (exact) mass is 437 g/mol. The number of carbonyl (C=O) groups excluding carboxylic acids is 1. The molecule has 1 amide bonds. The second-order valence-electron chi connectivity index (χ2n) is 8.73. The zero-order chi connectivity index (χ0) is 22.3. The Morgan fingerprint density at radius 2 is 2.22 bits per heavy atom. The van der Waals surface area contributed by atoms with Crippen molar-refractivity contribution in [3.63, 3.8) is 0 Å². The molecule has 0 radical (unpaired) electrons. The largest absolute Gasteiger partial charge is 0.480 e. The van der Waals surface area contributed by atoms with Gasteiger partial charge in [-0.3, -0.25) is 9.78 Å². The number of hydrogen-bond acceptors (Lipinski definition) is 6. The fraction of sp³-hybridized carbons (Fsp3) is 0.500. The van der Waals surface area contributed by atoms with E-state index in [1.54, 1.807) is 18.3 Å². The first-order chi connectivity index (χ1) is 15.6. The quantitative estimate of drug-likeness (QED) is 0.553. The first kappa shape index (κ1) is 22.2. The van der Waals surface area contributed by atoms with Crippen molar-refractivity contribution in [1.29, 1.82) is 0 Å². The lowest BCUT2D eigenvalue weighted by Crippen LogP contribution is -2.43. The summed E-state index contributed by atoms with van der Waals surface area (Å²) in [5.41, 5.74) is 2.82. The lowest BCUT2D eigenvalue weighted by atomic mass is 10.00. The number of nitrogens with zero attached hydrogens (tertiary/aromatic N) is 3. The van der Waals surface area contributed by atoms with Gasteiger partial charge >= 0.3 is 5.97 Å². The minimum Gasteiger partial charge on any atom is -0.480 e. The Balaban J connectivity index is 1.22. The van der Waals surface area contributed by atoms with Crippen molar-refractivity contribution >= 4 is 17.7 Å². The molecule has 1 saturated heterocycles. The van der Waals surface area contributed by atoms with Crippen molar-refractivity contribution in [3.8, 4) is 0 Å².